The lowest BCUT2D eigenvalue weighted by Gasteiger charge is -2.31. The molecule has 0 unspecified atom stereocenters. The predicted molar refractivity (Wildman–Crippen MR) is 104 cm³/mol. The maximum absolute atomic E-state index is 12.6. The number of hydrogen-bond acceptors (Lipinski definition) is 9. The maximum Gasteiger partial charge on any atom is 0.519 e. The summed E-state index contributed by atoms with van der Waals surface area (Å²) in [6.45, 7) is 5.63. The molecule has 9 nitrogen and oxygen atoms in total. The van der Waals surface area contributed by atoms with Crippen molar-refractivity contribution in [3.8, 4) is 5.75 Å². The summed E-state index contributed by atoms with van der Waals surface area (Å²) < 4.78 is 18.7. The van der Waals surface area contributed by atoms with Crippen LogP contribution in [0.2, 0.25) is 0 Å². The number of aryl methyl sites for hydroxylation is 1. The Bertz CT molecular complexity index is 931. The second kappa shape index (κ2) is 9.46. The lowest BCUT2D eigenvalue weighted by atomic mass is 10.0. The van der Waals surface area contributed by atoms with Crippen LogP contribution in [0.25, 0.3) is 0 Å². The number of benzene rings is 1. The number of ether oxygens (including phenoxy) is 2. The van der Waals surface area contributed by atoms with E-state index in [0.29, 0.717) is 17.5 Å². The van der Waals surface area contributed by atoms with Gasteiger partial charge in [0.25, 0.3) is 0 Å². The van der Waals surface area contributed by atoms with E-state index in [2.05, 4.69) is 9.73 Å². The van der Waals surface area contributed by atoms with Crippen LogP contribution in [0, 0.1) is 6.92 Å². The summed E-state index contributed by atoms with van der Waals surface area (Å²) in [5, 5.41) is 1.78. The summed E-state index contributed by atoms with van der Waals surface area (Å²) in [7, 11) is 0. The van der Waals surface area contributed by atoms with Crippen LogP contribution >= 0.6 is 11.8 Å². The first-order valence-corrected chi connectivity index (χ1v) is 9.39. The third-order valence-corrected chi connectivity index (χ3v) is 4.79. The van der Waals surface area contributed by atoms with Crippen LogP contribution in [0.3, 0.4) is 0 Å². The van der Waals surface area contributed by atoms with E-state index in [1.165, 1.54) is 13.8 Å². The Kier molecular flexibility index (Phi) is 7.27. The number of rotatable bonds is 7. The van der Waals surface area contributed by atoms with Gasteiger partial charge in [0.2, 0.25) is 5.91 Å². The molecule has 0 saturated carbocycles. The highest BCUT2D eigenvalue weighted by atomic mass is 32.2. The Morgan fingerprint density at radius 2 is 1.83 bits per heavy atom. The molecule has 0 aliphatic carbocycles. The first-order chi connectivity index (χ1) is 13.6. The van der Waals surface area contributed by atoms with Gasteiger partial charge in [-0.25, -0.2) is 14.4 Å². The van der Waals surface area contributed by atoms with Gasteiger partial charge in [-0.05, 0) is 44.7 Å². The molecule has 0 fully saturated rings. The third kappa shape index (κ3) is 6.53. The minimum atomic E-state index is -1.13. The van der Waals surface area contributed by atoms with E-state index in [9.17, 15) is 19.2 Å². The summed E-state index contributed by atoms with van der Waals surface area (Å²) in [6, 6.07) is 7.22. The van der Waals surface area contributed by atoms with Crippen molar-refractivity contribution in [3.63, 3.8) is 0 Å². The zero-order chi connectivity index (χ0) is 21.6. The number of esters is 1. The second-order valence-corrected chi connectivity index (χ2v) is 8.14. The van der Waals surface area contributed by atoms with Gasteiger partial charge < -0.3 is 23.6 Å². The molecule has 0 saturated heterocycles. The van der Waals surface area contributed by atoms with Crippen LogP contribution in [0.5, 0.6) is 5.75 Å². The number of nitrogens with one attached hydrogen (secondary N) is 1. The number of hydrogen-bond donors (Lipinski definition) is 1. The van der Waals surface area contributed by atoms with Crippen molar-refractivity contribution in [1.82, 2.24) is 5.32 Å². The molecule has 1 amide bonds. The normalized spacial score (nSPS) is 12.1. The Morgan fingerprint density at radius 3 is 2.38 bits per heavy atom. The molecule has 1 N–H and O–H groups in total. The summed E-state index contributed by atoms with van der Waals surface area (Å²) in [6.07, 6.45) is 0. The summed E-state index contributed by atoms with van der Waals surface area (Å²) in [5.41, 5.74) is 0. The Balaban J connectivity index is 2.06. The van der Waals surface area contributed by atoms with E-state index in [1.807, 2.05) is 0 Å². The summed E-state index contributed by atoms with van der Waals surface area (Å²) >= 11 is 0.696. The van der Waals surface area contributed by atoms with Gasteiger partial charge in [0.05, 0.1) is 4.75 Å². The van der Waals surface area contributed by atoms with E-state index < -0.39 is 33.8 Å². The lowest BCUT2D eigenvalue weighted by Crippen LogP contribution is -2.54. The van der Waals surface area contributed by atoms with Gasteiger partial charge in [0.1, 0.15) is 11.8 Å². The van der Waals surface area contributed by atoms with Crippen molar-refractivity contribution in [1.29, 1.82) is 0 Å². The van der Waals surface area contributed by atoms with Gasteiger partial charge in [-0.15, -0.1) is 0 Å². The molecule has 0 spiro atoms. The molecule has 1 atom stereocenters. The molecular formula is C19H21NO8S. The van der Waals surface area contributed by atoms with E-state index in [0.717, 1.165) is 0 Å². The quantitative estimate of drug-likeness (QED) is 0.528. The molecule has 29 heavy (non-hydrogen) atoms. The smallest absolute Gasteiger partial charge is 0.449 e. The molecule has 0 radical (unpaired) electrons. The highest BCUT2D eigenvalue weighted by Gasteiger charge is 2.40. The van der Waals surface area contributed by atoms with E-state index in [-0.39, 0.29) is 18.1 Å². The van der Waals surface area contributed by atoms with Gasteiger partial charge in [0, 0.05) is 6.92 Å². The molecule has 10 heteroatoms. The van der Waals surface area contributed by atoms with Crippen LogP contribution in [-0.2, 0) is 20.9 Å². The number of carbonyl (C=O) groups is 3. The fourth-order valence-electron chi connectivity index (χ4n) is 2.32. The van der Waals surface area contributed by atoms with Crippen molar-refractivity contribution in [3.05, 3.63) is 52.5 Å². The molecule has 2 rings (SSSR count). The van der Waals surface area contributed by atoms with Crippen LogP contribution in [-0.4, -0.2) is 28.0 Å². The first-order valence-electron chi connectivity index (χ1n) is 8.57. The molecule has 156 valence electrons. The minimum Gasteiger partial charge on any atom is -0.449 e. The van der Waals surface area contributed by atoms with Crippen molar-refractivity contribution >= 4 is 28.9 Å². The zero-order valence-corrected chi connectivity index (χ0v) is 17.2. The van der Waals surface area contributed by atoms with Gasteiger partial charge in [-0.1, -0.05) is 18.2 Å². The highest BCUT2D eigenvalue weighted by Crippen LogP contribution is 2.31. The topological polar surface area (TPSA) is 125 Å². The Morgan fingerprint density at radius 1 is 1.17 bits per heavy atom. The number of thioether (sulfide) groups is 1. The molecular weight excluding hydrogens is 402 g/mol. The average Bonchev–Trinajstić information content (AvgIpc) is 2.95. The standard InChI is InChI=1S/C19H21NO8S/c1-11-14(28-17(23)26-11)10-25-18(24)29-19(3,4)15(20-12(2)21)16(22)27-13-8-6-5-7-9-13/h5-9,15H,10H2,1-4H3,(H,20,21)/t15-/m0/s1. The molecule has 1 aromatic heterocycles. The van der Waals surface area contributed by atoms with Gasteiger partial charge in [-0.3, -0.25) is 4.79 Å². The maximum atomic E-state index is 12.6. The molecule has 1 heterocycles. The van der Waals surface area contributed by atoms with Gasteiger partial charge in [0.15, 0.2) is 18.1 Å². The summed E-state index contributed by atoms with van der Waals surface area (Å²) in [4.78, 5) is 47.5. The molecule has 1 aromatic carbocycles. The van der Waals surface area contributed by atoms with Crippen LogP contribution in [0.1, 0.15) is 32.3 Å². The van der Waals surface area contributed by atoms with Gasteiger partial charge >= 0.3 is 17.1 Å². The molecule has 0 bridgehead atoms. The molecule has 0 aliphatic heterocycles. The van der Waals surface area contributed by atoms with E-state index in [4.69, 9.17) is 13.9 Å². The monoisotopic (exact) mass is 423 g/mol. The first kappa shape index (κ1) is 22.3. The van der Waals surface area contributed by atoms with Crippen molar-refractivity contribution in [2.75, 3.05) is 0 Å². The fourth-order valence-corrected chi connectivity index (χ4v) is 3.14. The lowest BCUT2D eigenvalue weighted by molar-refractivity contribution is -0.139. The Labute approximate surface area is 170 Å². The highest BCUT2D eigenvalue weighted by molar-refractivity contribution is 8.14. The zero-order valence-electron chi connectivity index (χ0n) is 16.3. The van der Waals surface area contributed by atoms with E-state index >= 15 is 0 Å². The number of para-hydroxylation sites is 1. The fraction of sp³-hybridized carbons (Fsp3) is 0.368. The Hall–Kier alpha value is -3.01. The number of amides is 1. The van der Waals surface area contributed by atoms with Crippen LogP contribution in [0.15, 0.2) is 44.0 Å². The third-order valence-electron chi connectivity index (χ3n) is 3.74. The van der Waals surface area contributed by atoms with Gasteiger partial charge in [-0.2, -0.15) is 0 Å². The minimum absolute atomic E-state index is 0.0867. The summed E-state index contributed by atoms with van der Waals surface area (Å²) in [5.74, 6) is -1.48. The molecule has 2 aromatic rings. The SMILES string of the molecule is CC(=O)N[C@@H](C(=O)Oc1ccccc1)C(C)(C)SC(=O)OCc1oc(=O)oc1C. The van der Waals surface area contributed by atoms with Crippen molar-refractivity contribution < 1.29 is 32.7 Å². The average molecular weight is 423 g/mol. The second-order valence-electron chi connectivity index (χ2n) is 6.55. The predicted octanol–water partition coefficient (Wildman–Crippen LogP) is 2.80. The largest absolute Gasteiger partial charge is 0.519 e. The van der Waals surface area contributed by atoms with Crippen LogP contribution < -0.4 is 15.9 Å². The van der Waals surface area contributed by atoms with E-state index in [1.54, 1.807) is 44.2 Å². The van der Waals surface area contributed by atoms with Crippen molar-refractivity contribution in [2.45, 2.75) is 45.1 Å². The van der Waals surface area contributed by atoms with Crippen LogP contribution in [0.4, 0.5) is 4.79 Å². The number of carbonyl (C=O) groups excluding carboxylic acids is 3. The molecule has 0 aliphatic rings. The van der Waals surface area contributed by atoms with Crippen molar-refractivity contribution in [2.24, 2.45) is 0 Å².